The monoisotopic (exact) mass is 320 g/mol. The molecule has 0 saturated carbocycles. The van der Waals surface area contributed by atoms with Crippen molar-refractivity contribution >= 4 is 29.9 Å². The molecule has 1 rings (SSSR count). The number of para-hydroxylation sites is 1. The van der Waals surface area contributed by atoms with Gasteiger partial charge in [-0.2, -0.15) is 0 Å². The zero-order valence-electron chi connectivity index (χ0n) is 11.8. The number of hydrogen-bond acceptors (Lipinski definition) is 3. The van der Waals surface area contributed by atoms with E-state index in [0.717, 1.165) is 6.42 Å². The molecule has 0 spiro atoms. The number of benzene rings is 1. The third kappa shape index (κ3) is 6.46. The SMILES string of the molecule is CCC(Oc1ccccc1Cl)C(=O)NCCC(C)N.Cl. The van der Waals surface area contributed by atoms with E-state index in [1.807, 2.05) is 26.0 Å². The second kappa shape index (κ2) is 9.86. The maximum atomic E-state index is 12.0. The Morgan fingerprint density at radius 1 is 1.45 bits per heavy atom. The van der Waals surface area contributed by atoms with Crippen molar-refractivity contribution in [1.29, 1.82) is 0 Å². The van der Waals surface area contributed by atoms with Gasteiger partial charge < -0.3 is 15.8 Å². The van der Waals surface area contributed by atoms with Crippen molar-refractivity contribution in [2.45, 2.75) is 38.8 Å². The summed E-state index contributed by atoms with van der Waals surface area (Å²) in [6.45, 7) is 4.36. The summed E-state index contributed by atoms with van der Waals surface area (Å²) >= 11 is 6.00. The molecular weight excluding hydrogens is 299 g/mol. The summed E-state index contributed by atoms with van der Waals surface area (Å²) in [4.78, 5) is 12.0. The Balaban J connectivity index is 0.00000361. The molecule has 1 aromatic rings. The highest BCUT2D eigenvalue weighted by Gasteiger charge is 2.18. The molecular formula is C14H22Cl2N2O2. The van der Waals surface area contributed by atoms with E-state index in [9.17, 15) is 4.79 Å². The van der Waals surface area contributed by atoms with Crippen LogP contribution in [0, 0.1) is 0 Å². The number of nitrogens with one attached hydrogen (secondary N) is 1. The van der Waals surface area contributed by atoms with E-state index in [1.54, 1.807) is 12.1 Å². The molecule has 4 nitrogen and oxygen atoms in total. The smallest absolute Gasteiger partial charge is 0.261 e. The Kier molecular flexibility index (Phi) is 9.38. The maximum Gasteiger partial charge on any atom is 0.261 e. The molecule has 1 amide bonds. The van der Waals surface area contributed by atoms with E-state index in [1.165, 1.54) is 0 Å². The summed E-state index contributed by atoms with van der Waals surface area (Å²) in [5.74, 6) is 0.390. The second-order valence-electron chi connectivity index (χ2n) is 4.50. The van der Waals surface area contributed by atoms with Gasteiger partial charge in [0.2, 0.25) is 0 Å². The minimum absolute atomic E-state index is 0. The molecule has 0 heterocycles. The highest BCUT2D eigenvalue weighted by molar-refractivity contribution is 6.32. The van der Waals surface area contributed by atoms with Crippen LogP contribution in [0.2, 0.25) is 5.02 Å². The van der Waals surface area contributed by atoms with Crippen LogP contribution in [0.5, 0.6) is 5.75 Å². The molecule has 1 aromatic carbocycles. The first kappa shape index (κ1) is 19.0. The first-order chi connectivity index (χ1) is 9.04. The number of amides is 1. The summed E-state index contributed by atoms with van der Waals surface area (Å²) in [6, 6.07) is 7.20. The van der Waals surface area contributed by atoms with E-state index in [-0.39, 0.29) is 24.4 Å². The number of carbonyl (C=O) groups is 1. The van der Waals surface area contributed by atoms with Gasteiger partial charge in [0.15, 0.2) is 6.10 Å². The summed E-state index contributed by atoms with van der Waals surface area (Å²) < 4.78 is 5.64. The van der Waals surface area contributed by atoms with E-state index in [0.29, 0.717) is 23.7 Å². The maximum absolute atomic E-state index is 12.0. The molecule has 0 aliphatic carbocycles. The van der Waals surface area contributed by atoms with Crippen LogP contribution in [0.25, 0.3) is 0 Å². The van der Waals surface area contributed by atoms with Gasteiger partial charge in [-0.1, -0.05) is 30.7 Å². The summed E-state index contributed by atoms with van der Waals surface area (Å²) in [6.07, 6.45) is 0.789. The average Bonchev–Trinajstić information content (AvgIpc) is 2.37. The van der Waals surface area contributed by atoms with Crippen molar-refractivity contribution in [3.8, 4) is 5.75 Å². The minimum atomic E-state index is -0.534. The molecule has 3 N–H and O–H groups in total. The van der Waals surface area contributed by atoms with Gasteiger partial charge >= 0.3 is 0 Å². The van der Waals surface area contributed by atoms with E-state index < -0.39 is 6.10 Å². The van der Waals surface area contributed by atoms with Gasteiger partial charge in [-0.15, -0.1) is 12.4 Å². The average molecular weight is 321 g/mol. The zero-order chi connectivity index (χ0) is 14.3. The third-order valence-electron chi connectivity index (χ3n) is 2.67. The molecule has 0 bridgehead atoms. The molecule has 2 unspecified atom stereocenters. The lowest BCUT2D eigenvalue weighted by atomic mass is 10.2. The van der Waals surface area contributed by atoms with Gasteiger partial charge in [0, 0.05) is 12.6 Å². The zero-order valence-corrected chi connectivity index (χ0v) is 13.3. The normalized spacial score (nSPS) is 13.0. The van der Waals surface area contributed by atoms with Crippen LogP contribution in [0.15, 0.2) is 24.3 Å². The predicted molar refractivity (Wildman–Crippen MR) is 84.7 cm³/mol. The second-order valence-corrected chi connectivity index (χ2v) is 4.91. The quantitative estimate of drug-likeness (QED) is 0.812. The van der Waals surface area contributed by atoms with Gasteiger partial charge in [0.05, 0.1) is 5.02 Å². The van der Waals surface area contributed by atoms with Gasteiger partial charge in [0.1, 0.15) is 5.75 Å². The fourth-order valence-electron chi connectivity index (χ4n) is 1.55. The van der Waals surface area contributed by atoms with Crippen molar-refractivity contribution in [3.63, 3.8) is 0 Å². The first-order valence-electron chi connectivity index (χ1n) is 6.49. The van der Waals surface area contributed by atoms with Crippen molar-refractivity contribution in [3.05, 3.63) is 29.3 Å². The molecule has 0 fully saturated rings. The fourth-order valence-corrected chi connectivity index (χ4v) is 1.73. The molecule has 6 heteroatoms. The molecule has 0 radical (unpaired) electrons. The van der Waals surface area contributed by atoms with Crippen LogP contribution >= 0.6 is 24.0 Å². The third-order valence-corrected chi connectivity index (χ3v) is 2.98. The van der Waals surface area contributed by atoms with Gasteiger partial charge in [0.25, 0.3) is 5.91 Å². The topological polar surface area (TPSA) is 64.3 Å². The van der Waals surface area contributed by atoms with Crippen molar-refractivity contribution in [2.75, 3.05) is 6.54 Å². The molecule has 2 atom stereocenters. The van der Waals surface area contributed by atoms with Gasteiger partial charge in [-0.05, 0) is 31.9 Å². The lowest BCUT2D eigenvalue weighted by Crippen LogP contribution is -2.39. The molecule has 0 aliphatic rings. The van der Waals surface area contributed by atoms with Crippen LogP contribution in [0.4, 0.5) is 0 Å². The molecule has 0 saturated heterocycles. The number of rotatable bonds is 7. The molecule has 114 valence electrons. The van der Waals surface area contributed by atoms with Crippen molar-refractivity contribution in [2.24, 2.45) is 5.73 Å². The number of nitrogens with two attached hydrogens (primary N) is 1. The van der Waals surface area contributed by atoms with E-state index >= 15 is 0 Å². The summed E-state index contributed by atoms with van der Waals surface area (Å²) in [5.41, 5.74) is 5.63. The fraction of sp³-hybridized carbons (Fsp3) is 0.500. The molecule has 0 aliphatic heterocycles. The van der Waals surface area contributed by atoms with Crippen LogP contribution in [0.1, 0.15) is 26.7 Å². The lowest BCUT2D eigenvalue weighted by Gasteiger charge is -2.18. The van der Waals surface area contributed by atoms with Crippen LogP contribution in [-0.2, 0) is 4.79 Å². The van der Waals surface area contributed by atoms with Crippen molar-refractivity contribution < 1.29 is 9.53 Å². The highest BCUT2D eigenvalue weighted by atomic mass is 35.5. The number of carbonyl (C=O) groups excluding carboxylic acids is 1. The lowest BCUT2D eigenvalue weighted by molar-refractivity contribution is -0.128. The summed E-state index contributed by atoms with van der Waals surface area (Å²) in [5, 5.41) is 3.32. The standard InChI is InChI=1S/C14H21ClN2O2.ClH/c1-3-12(14(18)17-9-8-10(2)16)19-13-7-5-4-6-11(13)15;/h4-7,10,12H,3,8-9,16H2,1-2H3,(H,17,18);1H. The van der Waals surface area contributed by atoms with Crippen molar-refractivity contribution in [1.82, 2.24) is 5.32 Å². The van der Waals surface area contributed by atoms with Crippen LogP contribution < -0.4 is 15.8 Å². The van der Waals surface area contributed by atoms with E-state index in [4.69, 9.17) is 22.1 Å². The highest BCUT2D eigenvalue weighted by Crippen LogP contribution is 2.24. The predicted octanol–water partition coefficient (Wildman–Crippen LogP) is 2.77. The minimum Gasteiger partial charge on any atom is -0.479 e. The van der Waals surface area contributed by atoms with E-state index in [2.05, 4.69) is 5.32 Å². The molecule has 20 heavy (non-hydrogen) atoms. The first-order valence-corrected chi connectivity index (χ1v) is 6.86. The Labute approximate surface area is 131 Å². The Hall–Kier alpha value is -0.970. The number of hydrogen-bond donors (Lipinski definition) is 2. The van der Waals surface area contributed by atoms with Crippen LogP contribution in [-0.4, -0.2) is 24.6 Å². The Bertz CT molecular complexity index is 414. The largest absolute Gasteiger partial charge is 0.479 e. The van der Waals surface area contributed by atoms with Crippen LogP contribution in [0.3, 0.4) is 0 Å². The van der Waals surface area contributed by atoms with Gasteiger partial charge in [-0.3, -0.25) is 4.79 Å². The summed E-state index contributed by atoms with van der Waals surface area (Å²) in [7, 11) is 0. The molecule has 0 aromatic heterocycles. The number of halogens is 2. The number of ether oxygens (including phenoxy) is 1. The Morgan fingerprint density at radius 2 is 2.10 bits per heavy atom. The van der Waals surface area contributed by atoms with Gasteiger partial charge in [-0.25, -0.2) is 0 Å². The Morgan fingerprint density at radius 3 is 2.65 bits per heavy atom.